The maximum Gasteiger partial charge on any atom is 0.251 e. The van der Waals surface area contributed by atoms with E-state index in [-0.39, 0.29) is 24.3 Å². The van der Waals surface area contributed by atoms with Gasteiger partial charge in [-0.15, -0.1) is 0 Å². The van der Waals surface area contributed by atoms with E-state index in [4.69, 9.17) is 9.15 Å². The molecule has 0 spiro atoms. The first kappa shape index (κ1) is 18.6. The van der Waals surface area contributed by atoms with Crippen LogP contribution in [0.5, 0.6) is 5.75 Å². The van der Waals surface area contributed by atoms with Crippen molar-refractivity contribution in [3.05, 3.63) is 54.0 Å². The van der Waals surface area contributed by atoms with Crippen LogP contribution in [0.25, 0.3) is 0 Å². The quantitative estimate of drug-likeness (QED) is 0.772. The van der Waals surface area contributed by atoms with Crippen molar-refractivity contribution in [3.8, 4) is 5.75 Å². The van der Waals surface area contributed by atoms with Gasteiger partial charge < -0.3 is 19.8 Å². The Morgan fingerprint density at radius 1 is 1.16 bits per heavy atom. The number of carbonyl (C=O) groups is 2. The first-order chi connectivity index (χ1) is 12.0. The van der Waals surface area contributed by atoms with Crippen molar-refractivity contribution in [1.29, 1.82) is 0 Å². The van der Waals surface area contributed by atoms with Gasteiger partial charge in [-0.3, -0.25) is 9.59 Å². The highest BCUT2D eigenvalue weighted by atomic mass is 16.5. The average molecular weight is 344 g/mol. The SMILES string of the molecule is CCOc1ccc(C(=O)N[C@@H](C(=O)NCc2ccco2)C(C)C)cc1. The van der Waals surface area contributed by atoms with Gasteiger partial charge in [0.15, 0.2) is 0 Å². The molecule has 0 radical (unpaired) electrons. The van der Waals surface area contributed by atoms with Crippen LogP contribution in [-0.4, -0.2) is 24.5 Å². The van der Waals surface area contributed by atoms with Gasteiger partial charge in [-0.05, 0) is 49.2 Å². The van der Waals surface area contributed by atoms with Gasteiger partial charge in [0.1, 0.15) is 17.6 Å². The van der Waals surface area contributed by atoms with E-state index in [1.807, 2.05) is 20.8 Å². The predicted molar refractivity (Wildman–Crippen MR) is 94.3 cm³/mol. The van der Waals surface area contributed by atoms with E-state index in [9.17, 15) is 9.59 Å². The molecule has 0 unspecified atom stereocenters. The van der Waals surface area contributed by atoms with E-state index in [1.165, 1.54) is 0 Å². The summed E-state index contributed by atoms with van der Waals surface area (Å²) in [6, 6.07) is 9.74. The molecule has 1 aromatic heterocycles. The van der Waals surface area contributed by atoms with Crippen LogP contribution in [0.1, 0.15) is 36.9 Å². The number of amides is 2. The molecule has 1 heterocycles. The largest absolute Gasteiger partial charge is 0.494 e. The zero-order chi connectivity index (χ0) is 18.2. The van der Waals surface area contributed by atoms with E-state index in [1.54, 1.807) is 42.7 Å². The monoisotopic (exact) mass is 344 g/mol. The topological polar surface area (TPSA) is 80.6 Å². The first-order valence-electron chi connectivity index (χ1n) is 8.35. The second-order valence-corrected chi connectivity index (χ2v) is 5.95. The normalized spacial score (nSPS) is 11.8. The Labute approximate surface area is 147 Å². The fraction of sp³-hybridized carbons (Fsp3) is 0.368. The number of hydrogen-bond acceptors (Lipinski definition) is 4. The number of rotatable bonds is 8. The maximum absolute atomic E-state index is 12.4. The van der Waals surface area contributed by atoms with Crippen molar-refractivity contribution in [2.45, 2.75) is 33.4 Å². The Kier molecular flexibility index (Phi) is 6.62. The molecule has 2 aromatic rings. The van der Waals surface area contributed by atoms with Gasteiger partial charge in [-0.1, -0.05) is 13.8 Å². The number of nitrogens with one attached hydrogen (secondary N) is 2. The fourth-order valence-corrected chi connectivity index (χ4v) is 2.33. The molecule has 0 saturated heterocycles. The molecular weight excluding hydrogens is 320 g/mol. The Morgan fingerprint density at radius 2 is 1.88 bits per heavy atom. The van der Waals surface area contributed by atoms with Crippen LogP contribution in [0.4, 0.5) is 0 Å². The summed E-state index contributed by atoms with van der Waals surface area (Å²) in [7, 11) is 0. The zero-order valence-electron chi connectivity index (χ0n) is 14.7. The third kappa shape index (κ3) is 5.38. The summed E-state index contributed by atoms with van der Waals surface area (Å²) in [5, 5.41) is 5.57. The van der Waals surface area contributed by atoms with Gasteiger partial charge in [0.05, 0.1) is 19.4 Å². The average Bonchev–Trinajstić information content (AvgIpc) is 3.11. The zero-order valence-corrected chi connectivity index (χ0v) is 14.7. The molecule has 6 nitrogen and oxygen atoms in total. The number of furan rings is 1. The molecule has 2 amide bonds. The molecule has 0 fully saturated rings. The lowest BCUT2D eigenvalue weighted by atomic mass is 10.0. The van der Waals surface area contributed by atoms with Gasteiger partial charge in [0.2, 0.25) is 5.91 Å². The summed E-state index contributed by atoms with van der Waals surface area (Å²) in [5.74, 6) is 0.771. The Morgan fingerprint density at radius 3 is 2.44 bits per heavy atom. The summed E-state index contributed by atoms with van der Waals surface area (Å²) in [4.78, 5) is 24.8. The van der Waals surface area contributed by atoms with E-state index < -0.39 is 6.04 Å². The predicted octanol–water partition coefficient (Wildman–Crippen LogP) is 2.75. The van der Waals surface area contributed by atoms with Gasteiger partial charge in [-0.25, -0.2) is 0 Å². The van der Waals surface area contributed by atoms with E-state index in [0.29, 0.717) is 23.7 Å². The van der Waals surface area contributed by atoms with Crippen LogP contribution in [0.3, 0.4) is 0 Å². The van der Waals surface area contributed by atoms with Crippen molar-refractivity contribution < 1.29 is 18.7 Å². The molecule has 1 aromatic carbocycles. The van der Waals surface area contributed by atoms with Crippen LogP contribution in [0, 0.1) is 5.92 Å². The Hall–Kier alpha value is -2.76. The van der Waals surface area contributed by atoms with Crippen LogP contribution in [-0.2, 0) is 11.3 Å². The highest BCUT2D eigenvalue weighted by molar-refractivity contribution is 5.97. The van der Waals surface area contributed by atoms with E-state index in [2.05, 4.69) is 10.6 Å². The highest BCUT2D eigenvalue weighted by Gasteiger charge is 2.24. The first-order valence-corrected chi connectivity index (χ1v) is 8.35. The van der Waals surface area contributed by atoms with E-state index in [0.717, 1.165) is 0 Å². The lowest BCUT2D eigenvalue weighted by molar-refractivity contribution is -0.124. The number of carbonyl (C=O) groups excluding carboxylic acids is 2. The summed E-state index contributed by atoms with van der Waals surface area (Å²) >= 11 is 0. The highest BCUT2D eigenvalue weighted by Crippen LogP contribution is 2.13. The molecule has 134 valence electrons. The molecule has 0 aliphatic carbocycles. The van der Waals surface area contributed by atoms with Crippen molar-refractivity contribution in [3.63, 3.8) is 0 Å². The summed E-state index contributed by atoms with van der Waals surface area (Å²) in [5.41, 5.74) is 0.480. The van der Waals surface area contributed by atoms with Gasteiger partial charge in [0.25, 0.3) is 5.91 Å². The third-order valence-corrected chi connectivity index (χ3v) is 3.68. The van der Waals surface area contributed by atoms with Crippen LogP contribution >= 0.6 is 0 Å². The Balaban J connectivity index is 1.97. The van der Waals surface area contributed by atoms with Crippen LogP contribution in [0.15, 0.2) is 47.1 Å². The molecule has 25 heavy (non-hydrogen) atoms. The molecule has 6 heteroatoms. The van der Waals surface area contributed by atoms with Gasteiger partial charge in [-0.2, -0.15) is 0 Å². The third-order valence-electron chi connectivity index (χ3n) is 3.68. The fourth-order valence-electron chi connectivity index (χ4n) is 2.33. The minimum atomic E-state index is -0.631. The Bertz CT molecular complexity index is 678. The second kappa shape index (κ2) is 8.92. The van der Waals surface area contributed by atoms with Crippen LogP contribution in [0.2, 0.25) is 0 Å². The van der Waals surface area contributed by atoms with Gasteiger partial charge in [0, 0.05) is 5.56 Å². The molecule has 2 N–H and O–H groups in total. The molecule has 0 bridgehead atoms. The van der Waals surface area contributed by atoms with Crippen molar-refractivity contribution in [2.75, 3.05) is 6.61 Å². The lowest BCUT2D eigenvalue weighted by Crippen LogP contribution is -2.49. The molecular formula is C19H24N2O4. The van der Waals surface area contributed by atoms with Crippen molar-refractivity contribution in [2.24, 2.45) is 5.92 Å². The molecule has 0 aliphatic rings. The standard InChI is InChI=1S/C19H24N2O4/c1-4-24-15-9-7-14(8-10-15)18(22)21-17(13(2)3)19(23)20-12-16-6-5-11-25-16/h5-11,13,17H,4,12H2,1-3H3,(H,20,23)(H,21,22)/t17-/m1/s1. The van der Waals surface area contributed by atoms with Gasteiger partial charge >= 0.3 is 0 Å². The summed E-state index contributed by atoms with van der Waals surface area (Å²) in [6.45, 7) is 6.52. The number of ether oxygens (including phenoxy) is 1. The number of benzene rings is 1. The molecule has 1 atom stereocenters. The van der Waals surface area contributed by atoms with Crippen LogP contribution < -0.4 is 15.4 Å². The second-order valence-electron chi connectivity index (χ2n) is 5.95. The molecule has 0 aliphatic heterocycles. The van der Waals surface area contributed by atoms with Crippen molar-refractivity contribution in [1.82, 2.24) is 10.6 Å². The maximum atomic E-state index is 12.4. The summed E-state index contributed by atoms with van der Waals surface area (Å²) < 4.78 is 10.6. The molecule has 0 saturated carbocycles. The molecule has 2 rings (SSSR count). The van der Waals surface area contributed by atoms with E-state index >= 15 is 0 Å². The lowest BCUT2D eigenvalue weighted by Gasteiger charge is -2.21. The number of hydrogen-bond donors (Lipinski definition) is 2. The van der Waals surface area contributed by atoms with Crippen molar-refractivity contribution >= 4 is 11.8 Å². The minimum Gasteiger partial charge on any atom is -0.494 e. The minimum absolute atomic E-state index is 0.0525. The smallest absolute Gasteiger partial charge is 0.251 e. The summed E-state index contributed by atoms with van der Waals surface area (Å²) in [6.07, 6.45) is 1.55.